The zero-order valence-electron chi connectivity index (χ0n) is 18.9. The molecule has 7 nitrogen and oxygen atoms in total. The Labute approximate surface area is 190 Å². The van der Waals surface area contributed by atoms with Crippen LogP contribution in [0.15, 0.2) is 48.7 Å². The van der Waals surface area contributed by atoms with Crippen LogP contribution in [0.5, 0.6) is 5.75 Å². The molecule has 0 aliphatic carbocycles. The predicted molar refractivity (Wildman–Crippen MR) is 123 cm³/mol. The molecule has 0 unspecified atom stereocenters. The molecule has 1 amide bonds. The van der Waals surface area contributed by atoms with Crippen LogP contribution in [0.25, 0.3) is 0 Å². The molecule has 2 aromatic rings. The highest BCUT2D eigenvalue weighted by atomic mass is 16.5. The number of amides is 1. The Bertz CT molecular complexity index is 873. The van der Waals surface area contributed by atoms with Crippen LogP contribution in [0.4, 0.5) is 0 Å². The van der Waals surface area contributed by atoms with Crippen molar-refractivity contribution in [3.8, 4) is 5.75 Å². The number of aromatic nitrogens is 1. The maximum atomic E-state index is 13.0. The van der Waals surface area contributed by atoms with E-state index in [9.17, 15) is 14.7 Å². The van der Waals surface area contributed by atoms with Gasteiger partial charge in [0.1, 0.15) is 5.75 Å². The van der Waals surface area contributed by atoms with Crippen LogP contribution >= 0.6 is 0 Å². The lowest BCUT2D eigenvalue weighted by Crippen LogP contribution is -2.45. The molecule has 1 aliphatic rings. The Morgan fingerprint density at radius 3 is 2.59 bits per heavy atom. The molecular formula is C25H33N3O4. The molecule has 32 heavy (non-hydrogen) atoms. The fourth-order valence-electron chi connectivity index (χ4n) is 4.35. The van der Waals surface area contributed by atoms with Gasteiger partial charge in [-0.05, 0) is 74.7 Å². The van der Waals surface area contributed by atoms with E-state index < -0.39 is 5.97 Å². The molecule has 3 rings (SSSR count). The van der Waals surface area contributed by atoms with E-state index in [1.807, 2.05) is 29.3 Å². The van der Waals surface area contributed by atoms with Gasteiger partial charge in [0.15, 0.2) is 0 Å². The summed E-state index contributed by atoms with van der Waals surface area (Å²) in [5.74, 6) is 0.206. The molecule has 1 aliphatic heterocycles. The first-order valence-electron chi connectivity index (χ1n) is 11.2. The number of benzene rings is 1. The van der Waals surface area contributed by atoms with Crippen molar-refractivity contribution in [1.82, 2.24) is 14.8 Å². The van der Waals surface area contributed by atoms with Crippen molar-refractivity contribution in [1.29, 1.82) is 0 Å². The van der Waals surface area contributed by atoms with Gasteiger partial charge in [0, 0.05) is 49.9 Å². The largest absolute Gasteiger partial charge is 0.497 e. The summed E-state index contributed by atoms with van der Waals surface area (Å²) in [5, 5.41) is 9.36. The Kier molecular flexibility index (Phi) is 8.62. The maximum Gasteiger partial charge on any atom is 0.303 e. The normalized spacial score (nSPS) is 18.5. The van der Waals surface area contributed by atoms with Gasteiger partial charge < -0.3 is 19.6 Å². The van der Waals surface area contributed by atoms with E-state index in [1.54, 1.807) is 31.4 Å². The van der Waals surface area contributed by atoms with Gasteiger partial charge in [-0.25, -0.2) is 0 Å². The van der Waals surface area contributed by atoms with E-state index >= 15 is 0 Å². The minimum Gasteiger partial charge on any atom is -0.497 e. The number of piperidine rings is 1. The lowest BCUT2D eigenvalue weighted by molar-refractivity contribution is -0.139. The number of carboxylic acids is 1. The van der Waals surface area contributed by atoms with Crippen molar-refractivity contribution in [2.45, 2.75) is 25.7 Å². The topological polar surface area (TPSA) is 83.0 Å². The molecule has 0 spiro atoms. The molecule has 1 aromatic carbocycles. The van der Waals surface area contributed by atoms with Crippen LogP contribution in [-0.4, -0.2) is 72.1 Å². The van der Waals surface area contributed by atoms with Crippen molar-refractivity contribution < 1.29 is 19.4 Å². The average Bonchev–Trinajstić information content (AvgIpc) is 2.82. The summed E-state index contributed by atoms with van der Waals surface area (Å²) < 4.78 is 5.18. The van der Waals surface area contributed by atoms with E-state index in [0.29, 0.717) is 24.4 Å². The fourth-order valence-corrected chi connectivity index (χ4v) is 4.35. The lowest BCUT2D eigenvalue weighted by atomic mass is 9.81. The van der Waals surface area contributed by atoms with Crippen molar-refractivity contribution in [3.63, 3.8) is 0 Å². The van der Waals surface area contributed by atoms with Gasteiger partial charge in [-0.3, -0.25) is 14.6 Å². The summed E-state index contributed by atoms with van der Waals surface area (Å²) in [6, 6.07) is 13.1. The van der Waals surface area contributed by atoms with Crippen molar-refractivity contribution in [2.75, 3.05) is 40.3 Å². The third kappa shape index (κ3) is 6.79. The van der Waals surface area contributed by atoms with Crippen LogP contribution in [0, 0.1) is 11.8 Å². The van der Waals surface area contributed by atoms with Gasteiger partial charge in [0.05, 0.1) is 7.11 Å². The predicted octanol–water partition coefficient (Wildman–Crippen LogP) is 3.21. The quantitative estimate of drug-likeness (QED) is 0.612. The number of likely N-dealkylation sites (tertiary alicyclic amines) is 1. The van der Waals surface area contributed by atoms with Crippen LogP contribution in [0.1, 0.15) is 35.3 Å². The minimum absolute atomic E-state index is 0.00469. The third-order valence-corrected chi connectivity index (χ3v) is 6.31. The summed E-state index contributed by atoms with van der Waals surface area (Å²) in [6.07, 6.45) is 4.43. The number of rotatable bonds is 10. The van der Waals surface area contributed by atoms with Crippen molar-refractivity contribution in [2.24, 2.45) is 11.8 Å². The third-order valence-electron chi connectivity index (χ3n) is 6.31. The lowest BCUT2D eigenvalue weighted by Gasteiger charge is -2.39. The number of pyridine rings is 1. The highest BCUT2D eigenvalue weighted by Gasteiger charge is 2.33. The molecule has 2 heterocycles. The SMILES string of the molecule is COc1ccc(C(=O)N2CC[C@@H](CC(=O)O)[C@H](CCN(C)CCc3ccccn3)C2)cc1. The van der Waals surface area contributed by atoms with Crippen LogP contribution in [-0.2, 0) is 11.2 Å². The molecule has 2 atom stereocenters. The van der Waals surface area contributed by atoms with Crippen LogP contribution < -0.4 is 4.74 Å². The van der Waals surface area contributed by atoms with E-state index in [-0.39, 0.29) is 24.2 Å². The van der Waals surface area contributed by atoms with Crippen molar-refractivity contribution in [3.05, 3.63) is 59.9 Å². The summed E-state index contributed by atoms with van der Waals surface area (Å²) in [5.41, 5.74) is 1.70. The Balaban J connectivity index is 1.58. The Morgan fingerprint density at radius 2 is 1.94 bits per heavy atom. The minimum atomic E-state index is -0.765. The summed E-state index contributed by atoms with van der Waals surface area (Å²) >= 11 is 0. The first-order valence-corrected chi connectivity index (χ1v) is 11.2. The number of hydrogen-bond acceptors (Lipinski definition) is 5. The highest BCUT2D eigenvalue weighted by Crippen LogP contribution is 2.30. The number of likely N-dealkylation sites (N-methyl/N-ethyl adjacent to an activating group) is 1. The second kappa shape index (κ2) is 11.6. The fraction of sp³-hybridized carbons (Fsp3) is 0.480. The van der Waals surface area contributed by atoms with E-state index in [0.717, 1.165) is 38.0 Å². The number of aliphatic carboxylic acids is 1. The molecule has 0 saturated carbocycles. The molecule has 1 N–H and O–H groups in total. The summed E-state index contributed by atoms with van der Waals surface area (Å²) in [4.78, 5) is 32.9. The van der Waals surface area contributed by atoms with Gasteiger partial charge in [-0.1, -0.05) is 6.07 Å². The van der Waals surface area contributed by atoms with Crippen LogP contribution in [0.3, 0.4) is 0 Å². The molecule has 7 heteroatoms. The smallest absolute Gasteiger partial charge is 0.303 e. The van der Waals surface area contributed by atoms with Gasteiger partial charge in [0.25, 0.3) is 5.91 Å². The number of ether oxygens (including phenoxy) is 1. The van der Waals surface area contributed by atoms with E-state index in [1.165, 1.54) is 0 Å². The second-order valence-corrected chi connectivity index (χ2v) is 8.55. The Morgan fingerprint density at radius 1 is 1.16 bits per heavy atom. The zero-order valence-corrected chi connectivity index (χ0v) is 18.9. The van der Waals surface area contributed by atoms with Crippen LogP contribution in [0.2, 0.25) is 0 Å². The first-order chi connectivity index (χ1) is 15.5. The van der Waals surface area contributed by atoms with Gasteiger partial charge in [-0.15, -0.1) is 0 Å². The average molecular weight is 440 g/mol. The van der Waals surface area contributed by atoms with Gasteiger partial charge in [-0.2, -0.15) is 0 Å². The molecule has 0 bridgehead atoms. The summed E-state index contributed by atoms with van der Waals surface area (Å²) in [6.45, 7) is 2.94. The molecule has 1 saturated heterocycles. The molecule has 1 aromatic heterocycles. The number of nitrogens with zero attached hydrogens (tertiary/aromatic N) is 3. The Hall–Kier alpha value is -2.93. The van der Waals surface area contributed by atoms with Gasteiger partial charge in [0.2, 0.25) is 0 Å². The molecule has 172 valence electrons. The summed E-state index contributed by atoms with van der Waals surface area (Å²) in [7, 11) is 3.68. The maximum absolute atomic E-state index is 13.0. The first kappa shape index (κ1) is 23.7. The second-order valence-electron chi connectivity index (χ2n) is 8.55. The number of carboxylic acid groups (broad SMARTS) is 1. The van der Waals surface area contributed by atoms with E-state index in [4.69, 9.17) is 4.74 Å². The highest BCUT2D eigenvalue weighted by molar-refractivity contribution is 5.94. The number of methoxy groups -OCH3 is 1. The standard InChI is InChI=1S/C25H33N3O4/c1-27(15-12-22-5-3-4-13-26-22)14-10-21-18-28(16-11-20(21)17-24(29)30)25(31)19-6-8-23(32-2)9-7-19/h3-9,13,20-21H,10-12,14-18H2,1-2H3,(H,29,30)/t20-,21+/m0/s1. The molecule has 1 fully saturated rings. The molecule has 0 radical (unpaired) electrons. The van der Waals surface area contributed by atoms with Crippen molar-refractivity contribution >= 4 is 11.9 Å². The molecular weight excluding hydrogens is 406 g/mol. The number of carbonyl (C=O) groups excluding carboxylic acids is 1. The zero-order chi connectivity index (χ0) is 22.9. The number of carbonyl (C=O) groups is 2. The van der Waals surface area contributed by atoms with Gasteiger partial charge >= 0.3 is 5.97 Å². The number of hydrogen-bond donors (Lipinski definition) is 1. The monoisotopic (exact) mass is 439 g/mol. The van der Waals surface area contributed by atoms with E-state index in [2.05, 4.69) is 16.9 Å².